The van der Waals surface area contributed by atoms with Crippen LogP contribution in [-0.4, -0.2) is 18.6 Å². The quantitative estimate of drug-likeness (QED) is 0.897. The van der Waals surface area contributed by atoms with E-state index in [0.29, 0.717) is 18.7 Å². The predicted octanol–water partition coefficient (Wildman–Crippen LogP) is 2.45. The zero-order valence-corrected chi connectivity index (χ0v) is 11.9. The maximum atomic E-state index is 11.8. The van der Waals surface area contributed by atoms with Crippen LogP contribution in [0.4, 0.5) is 5.69 Å². The van der Waals surface area contributed by atoms with Crippen molar-refractivity contribution in [2.75, 3.05) is 11.9 Å². The van der Waals surface area contributed by atoms with E-state index in [1.807, 2.05) is 12.1 Å². The van der Waals surface area contributed by atoms with Crippen LogP contribution >= 0.6 is 15.9 Å². The summed E-state index contributed by atoms with van der Waals surface area (Å²) in [5.41, 5.74) is 7.40. The summed E-state index contributed by atoms with van der Waals surface area (Å²) in [7, 11) is 0. The molecular weight excluding hydrogens is 296 g/mol. The van der Waals surface area contributed by atoms with Gasteiger partial charge in [0.05, 0.1) is 10.2 Å². The van der Waals surface area contributed by atoms with Gasteiger partial charge in [-0.15, -0.1) is 0 Å². The number of carbonyl (C=O) groups is 1. The molecule has 0 aromatic heterocycles. The number of amides is 1. The van der Waals surface area contributed by atoms with Gasteiger partial charge in [0, 0.05) is 6.42 Å². The van der Waals surface area contributed by atoms with Crippen LogP contribution in [0, 0.1) is 0 Å². The topological polar surface area (TPSA) is 64.4 Å². The normalized spacial score (nSPS) is 17.9. The SMILES string of the molecule is CCCc1cc(Br)c2c(c1)NC(=O)C(CCN)O2. The van der Waals surface area contributed by atoms with Gasteiger partial charge >= 0.3 is 0 Å². The number of benzene rings is 1. The Morgan fingerprint density at radius 3 is 2.94 bits per heavy atom. The van der Waals surface area contributed by atoms with Crippen molar-refractivity contribution >= 4 is 27.5 Å². The number of fused-ring (bicyclic) bond motifs is 1. The lowest BCUT2D eigenvalue weighted by Crippen LogP contribution is -2.38. The van der Waals surface area contributed by atoms with Gasteiger partial charge < -0.3 is 15.8 Å². The number of aryl methyl sites for hydroxylation is 1. The Hall–Kier alpha value is -1.07. The highest BCUT2D eigenvalue weighted by atomic mass is 79.9. The zero-order chi connectivity index (χ0) is 13.1. The smallest absolute Gasteiger partial charge is 0.265 e. The molecule has 1 aromatic rings. The maximum absolute atomic E-state index is 11.8. The Morgan fingerprint density at radius 1 is 1.50 bits per heavy atom. The molecule has 1 atom stereocenters. The third-order valence-corrected chi connectivity index (χ3v) is 3.47. The lowest BCUT2D eigenvalue weighted by atomic mass is 10.1. The Morgan fingerprint density at radius 2 is 2.28 bits per heavy atom. The first-order chi connectivity index (χ1) is 8.65. The van der Waals surface area contributed by atoms with Crippen molar-refractivity contribution in [3.63, 3.8) is 0 Å². The molecule has 1 amide bonds. The summed E-state index contributed by atoms with van der Waals surface area (Å²) in [5, 5.41) is 2.88. The number of carbonyl (C=O) groups excluding carboxylic acids is 1. The van der Waals surface area contributed by atoms with E-state index in [1.165, 1.54) is 5.56 Å². The van der Waals surface area contributed by atoms with E-state index in [-0.39, 0.29) is 5.91 Å². The van der Waals surface area contributed by atoms with Gasteiger partial charge in [-0.1, -0.05) is 13.3 Å². The van der Waals surface area contributed by atoms with Gasteiger partial charge in [-0.25, -0.2) is 0 Å². The molecule has 1 heterocycles. The second-order valence-corrected chi connectivity index (χ2v) is 5.23. The van der Waals surface area contributed by atoms with E-state index in [9.17, 15) is 4.79 Å². The molecule has 1 aliphatic heterocycles. The number of ether oxygens (including phenoxy) is 1. The molecule has 1 aliphatic rings. The van der Waals surface area contributed by atoms with Crippen LogP contribution in [0.1, 0.15) is 25.3 Å². The number of hydrogen-bond acceptors (Lipinski definition) is 3. The van der Waals surface area contributed by atoms with Gasteiger partial charge in [0.1, 0.15) is 0 Å². The maximum Gasteiger partial charge on any atom is 0.265 e. The summed E-state index contributed by atoms with van der Waals surface area (Å²) in [6, 6.07) is 4.01. The first-order valence-corrected chi connectivity index (χ1v) is 6.95. The van der Waals surface area contributed by atoms with E-state index in [4.69, 9.17) is 10.5 Å². The number of anilines is 1. The minimum Gasteiger partial charge on any atom is -0.477 e. The molecule has 3 N–H and O–H groups in total. The van der Waals surface area contributed by atoms with E-state index in [2.05, 4.69) is 28.2 Å². The number of nitrogens with two attached hydrogens (primary N) is 1. The van der Waals surface area contributed by atoms with Crippen LogP contribution in [0.3, 0.4) is 0 Å². The summed E-state index contributed by atoms with van der Waals surface area (Å²) in [4.78, 5) is 11.8. The highest BCUT2D eigenvalue weighted by Gasteiger charge is 2.28. The molecule has 98 valence electrons. The van der Waals surface area contributed by atoms with Crippen molar-refractivity contribution in [2.45, 2.75) is 32.3 Å². The number of nitrogens with one attached hydrogen (secondary N) is 1. The van der Waals surface area contributed by atoms with Crippen LogP contribution in [0.15, 0.2) is 16.6 Å². The third kappa shape index (κ3) is 2.67. The van der Waals surface area contributed by atoms with Crippen LogP contribution in [-0.2, 0) is 11.2 Å². The van der Waals surface area contributed by atoms with E-state index in [1.54, 1.807) is 0 Å². The molecule has 0 radical (unpaired) electrons. The molecule has 4 nitrogen and oxygen atoms in total. The van der Waals surface area contributed by atoms with Crippen molar-refractivity contribution in [3.8, 4) is 5.75 Å². The number of halogens is 1. The first-order valence-electron chi connectivity index (χ1n) is 6.15. The summed E-state index contributed by atoms with van der Waals surface area (Å²) in [5.74, 6) is 0.585. The lowest BCUT2D eigenvalue weighted by Gasteiger charge is -2.27. The molecule has 0 bridgehead atoms. The largest absolute Gasteiger partial charge is 0.477 e. The van der Waals surface area contributed by atoms with E-state index in [0.717, 1.165) is 23.0 Å². The van der Waals surface area contributed by atoms with E-state index < -0.39 is 6.10 Å². The van der Waals surface area contributed by atoms with Crippen molar-refractivity contribution in [1.29, 1.82) is 0 Å². The second-order valence-electron chi connectivity index (χ2n) is 4.38. The number of rotatable bonds is 4. The molecule has 2 rings (SSSR count). The Kier molecular flexibility index (Phi) is 4.24. The van der Waals surface area contributed by atoms with Crippen LogP contribution < -0.4 is 15.8 Å². The summed E-state index contributed by atoms with van der Waals surface area (Å²) in [6.07, 6.45) is 2.08. The molecule has 1 aromatic carbocycles. The van der Waals surface area contributed by atoms with Gasteiger partial charge in [0.25, 0.3) is 5.91 Å². The molecule has 18 heavy (non-hydrogen) atoms. The monoisotopic (exact) mass is 312 g/mol. The van der Waals surface area contributed by atoms with Gasteiger partial charge in [-0.05, 0) is 46.6 Å². The fourth-order valence-corrected chi connectivity index (χ4v) is 2.65. The van der Waals surface area contributed by atoms with Crippen molar-refractivity contribution < 1.29 is 9.53 Å². The Bertz CT molecular complexity index is 463. The molecule has 1 unspecified atom stereocenters. The standard InChI is InChI=1S/C13H17BrN2O2/c1-2-3-8-6-9(14)12-10(7-8)16-13(17)11(18-12)4-5-15/h6-7,11H,2-5,15H2,1H3,(H,16,17). The molecular formula is C13H17BrN2O2. The first kappa shape index (κ1) is 13.4. The van der Waals surface area contributed by atoms with Crippen LogP contribution in [0.2, 0.25) is 0 Å². The average molecular weight is 313 g/mol. The third-order valence-electron chi connectivity index (χ3n) is 2.88. The summed E-state index contributed by atoms with van der Waals surface area (Å²) >= 11 is 3.49. The van der Waals surface area contributed by atoms with Gasteiger partial charge in [0.2, 0.25) is 0 Å². The van der Waals surface area contributed by atoms with Crippen molar-refractivity contribution in [3.05, 3.63) is 22.2 Å². The van der Waals surface area contributed by atoms with Gasteiger partial charge in [-0.3, -0.25) is 4.79 Å². The second kappa shape index (κ2) is 5.71. The van der Waals surface area contributed by atoms with Gasteiger partial charge in [-0.2, -0.15) is 0 Å². The van der Waals surface area contributed by atoms with Crippen LogP contribution in [0.25, 0.3) is 0 Å². The lowest BCUT2D eigenvalue weighted by molar-refractivity contribution is -0.123. The fraction of sp³-hybridized carbons (Fsp3) is 0.462. The Balaban J connectivity index is 2.30. The van der Waals surface area contributed by atoms with Crippen molar-refractivity contribution in [1.82, 2.24) is 0 Å². The minimum atomic E-state index is -0.490. The fourth-order valence-electron chi connectivity index (χ4n) is 2.05. The minimum absolute atomic E-state index is 0.117. The molecule has 5 heteroatoms. The van der Waals surface area contributed by atoms with E-state index >= 15 is 0 Å². The van der Waals surface area contributed by atoms with Gasteiger partial charge in [0.15, 0.2) is 11.9 Å². The summed E-state index contributed by atoms with van der Waals surface area (Å²) in [6.45, 7) is 2.55. The molecule has 0 aliphatic carbocycles. The highest BCUT2D eigenvalue weighted by Crippen LogP contribution is 2.38. The highest BCUT2D eigenvalue weighted by molar-refractivity contribution is 9.10. The Labute approximate surface area is 115 Å². The predicted molar refractivity (Wildman–Crippen MR) is 74.9 cm³/mol. The molecule has 0 saturated carbocycles. The summed E-state index contributed by atoms with van der Waals surface area (Å²) < 4.78 is 6.59. The van der Waals surface area contributed by atoms with Crippen molar-refractivity contribution in [2.24, 2.45) is 5.73 Å². The number of hydrogen-bond donors (Lipinski definition) is 2. The molecule has 0 saturated heterocycles. The molecule has 0 spiro atoms. The molecule has 0 fully saturated rings. The average Bonchev–Trinajstić information content (AvgIpc) is 2.32. The zero-order valence-electron chi connectivity index (χ0n) is 10.3. The van der Waals surface area contributed by atoms with Crippen LogP contribution in [0.5, 0.6) is 5.75 Å².